The number of aromatic nitrogens is 2. The Morgan fingerprint density at radius 1 is 1.18 bits per heavy atom. The molecule has 0 radical (unpaired) electrons. The maximum atomic E-state index is 14.4. The lowest BCUT2D eigenvalue weighted by Crippen LogP contribution is -2.45. The van der Waals surface area contributed by atoms with Crippen molar-refractivity contribution in [2.24, 2.45) is 14.1 Å². The fourth-order valence-electron chi connectivity index (χ4n) is 3.45. The highest BCUT2D eigenvalue weighted by Crippen LogP contribution is 2.25. The number of piperidine rings is 1. The van der Waals surface area contributed by atoms with Gasteiger partial charge in [0.1, 0.15) is 17.7 Å². The van der Waals surface area contributed by atoms with E-state index in [2.05, 4.69) is 5.32 Å². The Labute approximate surface area is 160 Å². The van der Waals surface area contributed by atoms with Gasteiger partial charge in [-0.2, -0.15) is 10.5 Å². The minimum absolute atomic E-state index is 0.133. The van der Waals surface area contributed by atoms with Crippen LogP contribution in [0.25, 0.3) is 0 Å². The van der Waals surface area contributed by atoms with Crippen LogP contribution in [0.2, 0.25) is 0 Å². The zero-order valence-corrected chi connectivity index (χ0v) is 15.6. The van der Waals surface area contributed by atoms with Crippen LogP contribution in [0.5, 0.6) is 0 Å². The number of nitrogens with zero attached hydrogens (tertiary/aromatic N) is 5. The maximum absolute atomic E-state index is 14.4. The van der Waals surface area contributed by atoms with Crippen molar-refractivity contribution in [1.82, 2.24) is 9.13 Å². The summed E-state index contributed by atoms with van der Waals surface area (Å²) in [7, 11) is 2.82. The third kappa shape index (κ3) is 3.35. The highest BCUT2D eigenvalue weighted by molar-refractivity contribution is 5.54. The van der Waals surface area contributed by atoms with Gasteiger partial charge in [0.15, 0.2) is 5.56 Å². The zero-order chi connectivity index (χ0) is 20.4. The van der Waals surface area contributed by atoms with Crippen molar-refractivity contribution >= 4 is 11.5 Å². The normalized spacial score (nSPS) is 16.3. The van der Waals surface area contributed by atoms with Gasteiger partial charge in [-0.1, -0.05) is 0 Å². The molecule has 1 fully saturated rings. The minimum atomic E-state index is -0.654. The fraction of sp³-hybridized carbons (Fsp3) is 0.368. The van der Waals surface area contributed by atoms with Crippen LogP contribution in [-0.2, 0) is 14.1 Å². The monoisotopic (exact) mass is 382 g/mol. The Kier molecular flexibility index (Phi) is 5.18. The summed E-state index contributed by atoms with van der Waals surface area (Å²) in [5.41, 5.74) is -0.673. The van der Waals surface area contributed by atoms with Crippen LogP contribution in [0, 0.1) is 28.5 Å². The highest BCUT2D eigenvalue weighted by Gasteiger charge is 2.25. The minimum Gasteiger partial charge on any atom is -0.367 e. The number of nitrogens with one attached hydrogen (secondary N) is 1. The molecule has 0 aliphatic carbocycles. The molecule has 0 saturated carbocycles. The molecule has 8 nitrogen and oxygen atoms in total. The van der Waals surface area contributed by atoms with Crippen molar-refractivity contribution in [3.05, 3.63) is 56.0 Å². The highest BCUT2D eigenvalue weighted by atomic mass is 19.1. The summed E-state index contributed by atoms with van der Waals surface area (Å²) < 4.78 is 16.5. The van der Waals surface area contributed by atoms with Gasteiger partial charge in [0, 0.05) is 33.2 Å². The molecule has 1 saturated heterocycles. The van der Waals surface area contributed by atoms with Gasteiger partial charge >= 0.3 is 5.69 Å². The number of hydrogen-bond donors (Lipinski definition) is 1. The number of hydrogen-bond acceptors (Lipinski definition) is 6. The van der Waals surface area contributed by atoms with Crippen molar-refractivity contribution in [1.29, 1.82) is 10.5 Å². The van der Waals surface area contributed by atoms with Crippen molar-refractivity contribution in [3.8, 4) is 12.1 Å². The lowest BCUT2D eigenvalue weighted by Gasteiger charge is -2.35. The van der Waals surface area contributed by atoms with Crippen LogP contribution in [-0.4, -0.2) is 28.3 Å². The molecule has 1 aliphatic rings. The van der Waals surface area contributed by atoms with Crippen LogP contribution in [0.3, 0.4) is 0 Å². The van der Waals surface area contributed by atoms with Gasteiger partial charge in [0.2, 0.25) is 0 Å². The summed E-state index contributed by atoms with van der Waals surface area (Å²) >= 11 is 0. The average molecular weight is 382 g/mol. The van der Waals surface area contributed by atoms with Crippen LogP contribution in [0.15, 0.2) is 27.8 Å². The lowest BCUT2D eigenvalue weighted by atomic mass is 10.0. The van der Waals surface area contributed by atoms with E-state index < -0.39 is 17.1 Å². The topological polar surface area (TPSA) is 107 Å². The summed E-state index contributed by atoms with van der Waals surface area (Å²) in [5.74, 6) is -0.304. The van der Waals surface area contributed by atoms with Crippen molar-refractivity contribution in [2.75, 3.05) is 23.3 Å². The van der Waals surface area contributed by atoms with Gasteiger partial charge in [-0.3, -0.25) is 13.9 Å². The Bertz CT molecular complexity index is 1120. The van der Waals surface area contributed by atoms with E-state index in [4.69, 9.17) is 5.26 Å². The fourth-order valence-corrected chi connectivity index (χ4v) is 3.45. The SMILES string of the molecule is Cn1c(NC2CCCN(c3ccc(C#N)cc3F)C2)c(C#N)c(=O)n(C)c1=O. The third-order valence-electron chi connectivity index (χ3n) is 4.96. The summed E-state index contributed by atoms with van der Waals surface area (Å²) in [6.07, 6.45) is 1.50. The Morgan fingerprint density at radius 3 is 2.57 bits per heavy atom. The second-order valence-corrected chi connectivity index (χ2v) is 6.75. The molecule has 144 valence electrons. The summed E-state index contributed by atoms with van der Waals surface area (Å²) in [4.78, 5) is 26.3. The first-order valence-corrected chi connectivity index (χ1v) is 8.78. The maximum Gasteiger partial charge on any atom is 0.332 e. The van der Waals surface area contributed by atoms with Gasteiger partial charge in [-0.25, -0.2) is 9.18 Å². The largest absolute Gasteiger partial charge is 0.367 e. The number of benzene rings is 1. The van der Waals surface area contributed by atoms with Crippen LogP contribution < -0.4 is 21.5 Å². The molecular formula is C19H19FN6O2. The van der Waals surface area contributed by atoms with Gasteiger partial charge < -0.3 is 10.2 Å². The molecule has 3 rings (SSSR count). The molecule has 0 amide bonds. The predicted molar refractivity (Wildman–Crippen MR) is 102 cm³/mol. The first kappa shape index (κ1) is 19.2. The van der Waals surface area contributed by atoms with E-state index in [0.717, 1.165) is 17.4 Å². The molecule has 28 heavy (non-hydrogen) atoms. The second-order valence-electron chi connectivity index (χ2n) is 6.75. The van der Waals surface area contributed by atoms with Gasteiger partial charge in [-0.15, -0.1) is 0 Å². The standard InChI is InChI=1S/C19H19FN6O2/c1-24-17(14(10-22)18(27)25(2)19(24)28)23-13-4-3-7-26(11-13)16-6-5-12(9-21)8-15(16)20/h5-6,8,13,23H,3-4,7,11H2,1-2H3. The van der Waals surface area contributed by atoms with Crippen LogP contribution in [0.4, 0.5) is 15.9 Å². The Balaban J connectivity index is 1.90. The van der Waals surface area contributed by atoms with E-state index in [1.807, 2.05) is 17.0 Å². The van der Waals surface area contributed by atoms with E-state index in [1.165, 1.54) is 24.7 Å². The van der Waals surface area contributed by atoms with E-state index >= 15 is 0 Å². The van der Waals surface area contributed by atoms with Crippen molar-refractivity contribution in [3.63, 3.8) is 0 Å². The molecule has 1 aliphatic heterocycles. The van der Waals surface area contributed by atoms with Crippen LogP contribution in [0.1, 0.15) is 24.0 Å². The van der Waals surface area contributed by atoms with E-state index in [1.54, 1.807) is 12.1 Å². The van der Waals surface area contributed by atoms with Gasteiger partial charge in [0.25, 0.3) is 5.56 Å². The number of rotatable bonds is 3. The van der Waals surface area contributed by atoms with E-state index in [9.17, 15) is 19.2 Å². The van der Waals surface area contributed by atoms with Gasteiger partial charge in [0.05, 0.1) is 17.3 Å². The molecule has 1 unspecified atom stereocenters. The average Bonchev–Trinajstić information content (AvgIpc) is 2.70. The lowest BCUT2D eigenvalue weighted by molar-refractivity contribution is 0.514. The quantitative estimate of drug-likeness (QED) is 0.850. The molecule has 1 aromatic carbocycles. The predicted octanol–water partition coefficient (Wildman–Crippen LogP) is 1.05. The molecule has 0 bridgehead atoms. The number of halogens is 1. The van der Waals surface area contributed by atoms with E-state index in [-0.39, 0.29) is 23.0 Å². The molecule has 9 heteroatoms. The van der Waals surface area contributed by atoms with Crippen molar-refractivity contribution < 1.29 is 4.39 Å². The third-order valence-corrected chi connectivity index (χ3v) is 4.96. The molecule has 2 heterocycles. The van der Waals surface area contributed by atoms with Crippen molar-refractivity contribution in [2.45, 2.75) is 18.9 Å². The molecule has 1 atom stereocenters. The Morgan fingerprint density at radius 2 is 1.93 bits per heavy atom. The van der Waals surface area contributed by atoms with E-state index in [0.29, 0.717) is 18.8 Å². The second kappa shape index (κ2) is 7.57. The number of nitriles is 2. The summed E-state index contributed by atoms with van der Waals surface area (Å²) in [6.45, 7) is 1.07. The Hall–Kier alpha value is -3.59. The first-order chi connectivity index (χ1) is 13.4. The van der Waals surface area contributed by atoms with Gasteiger partial charge in [-0.05, 0) is 31.0 Å². The molecule has 1 N–H and O–H groups in total. The molecular weight excluding hydrogens is 363 g/mol. The smallest absolute Gasteiger partial charge is 0.332 e. The zero-order valence-electron chi connectivity index (χ0n) is 15.6. The first-order valence-electron chi connectivity index (χ1n) is 8.78. The molecule has 2 aromatic rings. The molecule has 1 aromatic heterocycles. The molecule has 0 spiro atoms. The number of anilines is 2. The summed E-state index contributed by atoms with van der Waals surface area (Å²) in [5, 5.41) is 21.4. The van der Waals surface area contributed by atoms with Crippen LogP contribution >= 0.6 is 0 Å². The summed E-state index contributed by atoms with van der Waals surface area (Å²) in [6, 6.07) is 7.93.